The number of likely N-dealkylation sites (tertiary alicyclic amines) is 1. The fraction of sp³-hybridized carbons (Fsp3) is 0.579. The van der Waals surface area contributed by atoms with Crippen LogP contribution < -0.4 is 4.72 Å². The number of aliphatic carboxylic acids is 1. The summed E-state index contributed by atoms with van der Waals surface area (Å²) in [5.41, 5.74) is 0.331. The third-order valence-corrected chi connectivity index (χ3v) is 7.45. The number of carbonyl (C=O) groups excluding carboxylic acids is 1. The second-order valence-corrected chi connectivity index (χ2v) is 9.55. The summed E-state index contributed by atoms with van der Waals surface area (Å²) in [6.45, 7) is 0. The second-order valence-electron chi connectivity index (χ2n) is 7.83. The van der Waals surface area contributed by atoms with E-state index in [2.05, 4.69) is 4.72 Å². The predicted octanol–water partition coefficient (Wildman–Crippen LogP) is 1.99. The molecule has 0 spiro atoms. The van der Waals surface area contributed by atoms with Crippen molar-refractivity contribution in [3.05, 3.63) is 29.8 Å². The number of nitrogens with zero attached hydrogens (tertiary/aromatic N) is 1. The molecule has 1 saturated heterocycles. The highest BCUT2D eigenvalue weighted by molar-refractivity contribution is 7.89. The molecule has 1 aliphatic heterocycles. The largest absolute Gasteiger partial charge is 0.480 e. The molecule has 1 heterocycles. The van der Waals surface area contributed by atoms with Gasteiger partial charge in [0, 0.05) is 17.6 Å². The Labute approximate surface area is 158 Å². The van der Waals surface area contributed by atoms with Crippen LogP contribution in [-0.2, 0) is 14.8 Å². The average molecular weight is 392 g/mol. The van der Waals surface area contributed by atoms with Crippen molar-refractivity contribution < 1.29 is 23.1 Å². The molecular weight excluding hydrogens is 368 g/mol. The van der Waals surface area contributed by atoms with Crippen molar-refractivity contribution in [2.75, 3.05) is 0 Å². The first-order valence-corrected chi connectivity index (χ1v) is 11.0. The van der Waals surface area contributed by atoms with Gasteiger partial charge in [-0.2, -0.15) is 0 Å². The highest BCUT2D eigenvalue weighted by Crippen LogP contribution is 2.40. The summed E-state index contributed by atoms with van der Waals surface area (Å²) in [5.74, 6) is -1.05. The summed E-state index contributed by atoms with van der Waals surface area (Å²) in [4.78, 5) is 26.4. The van der Waals surface area contributed by atoms with E-state index in [1.807, 2.05) is 0 Å². The van der Waals surface area contributed by atoms with Gasteiger partial charge >= 0.3 is 5.97 Å². The third-order valence-electron chi connectivity index (χ3n) is 5.92. The molecule has 0 aromatic heterocycles. The van der Waals surface area contributed by atoms with Crippen molar-refractivity contribution in [1.29, 1.82) is 0 Å². The molecule has 8 heteroatoms. The summed E-state index contributed by atoms with van der Waals surface area (Å²) in [7, 11) is -3.57. The Hall–Kier alpha value is -1.93. The van der Waals surface area contributed by atoms with E-state index in [9.17, 15) is 23.1 Å². The Morgan fingerprint density at radius 3 is 2.33 bits per heavy atom. The first-order chi connectivity index (χ1) is 12.9. The fourth-order valence-corrected chi connectivity index (χ4v) is 5.69. The van der Waals surface area contributed by atoms with E-state index in [1.165, 1.54) is 29.2 Å². The monoisotopic (exact) mass is 392 g/mol. The van der Waals surface area contributed by atoms with Gasteiger partial charge in [0.05, 0.1) is 4.90 Å². The summed E-state index contributed by atoms with van der Waals surface area (Å²) < 4.78 is 27.1. The molecule has 3 atom stereocenters. The summed E-state index contributed by atoms with van der Waals surface area (Å²) >= 11 is 0. The molecule has 1 aromatic carbocycles. The lowest BCUT2D eigenvalue weighted by Crippen LogP contribution is -2.46. The van der Waals surface area contributed by atoms with Crippen LogP contribution >= 0.6 is 0 Å². The van der Waals surface area contributed by atoms with Crippen LogP contribution in [0.4, 0.5) is 0 Å². The highest BCUT2D eigenvalue weighted by atomic mass is 32.2. The standard InChI is InChI=1S/C19H24N2O5S/c22-18(21-16-4-2-1-3-13(16)11-17(21)19(23)24)12-5-9-15(10-6-12)27(25,26)20-14-7-8-14/h5-6,9-10,13-14,16-17,20H,1-4,7-8,11H2,(H,23,24). The molecule has 4 rings (SSSR count). The van der Waals surface area contributed by atoms with E-state index >= 15 is 0 Å². The molecule has 27 heavy (non-hydrogen) atoms. The number of carbonyl (C=O) groups is 2. The number of fused-ring (bicyclic) bond motifs is 1. The van der Waals surface area contributed by atoms with E-state index in [-0.39, 0.29) is 28.8 Å². The lowest BCUT2D eigenvalue weighted by molar-refractivity contribution is -0.141. The minimum Gasteiger partial charge on any atom is -0.480 e. The van der Waals surface area contributed by atoms with Crippen LogP contribution in [0.15, 0.2) is 29.2 Å². The minimum absolute atomic E-state index is 0.0143. The summed E-state index contributed by atoms with van der Waals surface area (Å²) in [6, 6.07) is 4.99. The number of nitrogens with one attached hydrogen (secondary N) is 1. The zero-order valence-electron chi connectivity index (χ0n) is 15.0. The zero-order chi connectivity index (χ0) is 19.2. The van der Waals surface area contributed by atoms with Gasteiger partial charge in [-0.25, -0.2) is 17.9 Å². The molecule has 0 radical (unpaired) electrons. The van der Waals surface area contributed by atoms with Crippen LogP contribution in [0.3, 0.4) is 0 Å². The molecule has 3 unspecified atom stereocenters. The smallest absolute Gasteiger partial charge is 0.326 e. The molecule has 3 fully saturated rings. The van der Waals surface area contributed by atoms with Gasteiger partial charge in [0.25, 0.3) is 5.91 Å². The van der Waals surface area contributed by atoms with Gasteiger partial charge in [0.1, 0.15) is 6.04 Å². The topological polar surface area (TPSA) is 104 Å². The number of hydrogen-bond donors (Lipinski definition) is 2. The van der Waals surface area contributed by atoms with Crippen molar-refractivity contribution in [2.24, 2.45) is 5.92 Å². The van der Waals surface area contributed by atoms with Gasteiger partial charge in [-0.3, -0.25) is 4.79 Å². The van der Waals surface area contributed by atoms with Gasteiger partial charge in [-0.05, 0) is 62.3 Å². The lowest BCUT2D eigenvalue weighted by Gasteiger charge is -2.33. The van der Waals surface area contributed by atoms with E-state index < -0.39 is 22.0 Å². The van der Waals surface area contributed by atoms with Gasteiger partial charge < -0.3 is 10.0 Å². The maximum atomic E-state index is 13.1. The summed E-state index contributed by atoms with van der Waals surface area (Å²) in [6.07, 6.45) is 6.08. The van der Waals surface area contributed by atoms with Crippen LogP contribution in [0.1, 0.15) is 55.3 Å². The van der Waals surface area contributed by atoms with Crippen molar-refractivity contribution in [1.82, 2.24) is 9.62 Å². The van der Waals surface area contributed by atoms with Gasteiger partial charge in [0.2, 0.25) is 10.0 Å². The molecule has 2 aliphatic carbocycles. The number of carboxylic acids is 1. The number of sulfonamides is 1. The lowest BCUT2D eigenvalue weighted by atomic mass is 9.84. The van der Waals surface area contributed by atoms with Gasteiger partial charge in [-0.15, -0.1) is 0 Å². The molecule has 1 aromatic rings. The molecule has 3 aliphatic rings. The molecule has 2 N–H and O–H groups in total. The third kappa shape index (κ3) is 3.60. The SMILES string of the molecule is O=C(O)C1CC2CCCCC2N1C(=O)c1ccc(S(=O)(=O)NC2CC2)cc1. The quantitative estimate of drug-likeness (QED) is 0.797. The van der Waals surface area contributed by atoms with Crippen molar-refractivity contribution in [2.45, 2.75) is 68.0 Å². The number of benzene rings is 1. The fourth-order valence-electron chi connectivity index (χ4n) is 4.39. The van der Waals surface area contributed by atoms with E-state index in [0.717, 1.165) is 38.5 Å². The Balaban J connectivity index is 1.56. The average Bonchev–Trinajstić information content (AvgIpc) is 3.36. The molecular formula is C19H24N2O5S. The van der Waals surface area contributed by atoms with E-state index in [1.54, 1.807) is 0 Å². The predicted molar refractivity (Wildman–Crippen MR) is 97.7 cm³/mol. The number of amides is 1. The maximum Gasteiger partial charge on any atom is 0.326 e. The Bertz CT molecular complexity index is 847. The van der Waals surface area contributed by atoms with Crippen LogP contribution in [0, 0.1) is 5.92 Å². The molecule has 0 bridgehead atoms. The van der Waals surface area contributed by atoms with Crippen LogP contribution in [0.25, 0.3) is 0 Å². The Morgan fingerprint density at radius 2 is 1.70 bits per heavy atom. The first-order valence-electron chi connectivity index (χ1n) is 9.54. The van der Waals surface area contributed by atoms with Crippen LogP contribution in [0.2, 0.25) is 0 Å². The molecule has 146 valence electrons. The number of hydrogen-bond acceptors (Lipinski definition) is 4. The zero-order valence-corrected chi connectivity index (χ0v) is 15.8. The van der Waals surface area contributed by atoms with E-state index in [4.69, 9.17) is 0 Å². The van der Waals surface area contributed by atoms with Crippen molar-refractivity contribution in [3.63, 3.8) is 0 Å². The maximum absolute atomic E-state index is 13.1. The Morgan fingerprint density at radius 1 is 1.04 bits per heavy atom. The van der Waals surface area contributed by atoms with Crippen LogP contribution in [0.5, 0.6) is 0 Å². The molecule has 1 amide bonds. The minimum atomic E-state index is -3.57. The number of rotatable bonds is 5. The molecule has 2 saturated carbocycles. The summed E-state index contributed by atoms with van der Waals surface area (Å²) in [5, 5.41) is 9.59. The Kier molecular flexibility index (Phi) is 4.71. The van der Waals surface area contributed by atoms with Crippen molar-refractivity contribution in [3.8, 4) is 0 Å². The number of carboxylic acid groups (broad SMARTS) is 1. The second kappa shape index (κ2) is 6.91. The first kappa shape index (κ1) is 18.4. The van der Waals surface area contributed by atoms with E-state index in [0.29, 0.717) is 12.0 Å². The van der Waals surface area contributed by atoms with Crippen LogP contribution in [-0.4, -0.2) is 48.4 Å². The van der Waals surface area contributed by atoms with Gasteiger partial charge in [0.15, 0.2) is 0 Å². The molecule has 7 nitrogen and oxygen atoms in total. The highest BCUT2D eigenvalue weighted by Gasteiger charge is 2.47. The normalized spacial score (nSPS) is 28.0. The van der Waals surface area contributed by atoms with Gasteiger partial charge in [-0.1, -0.05) is 12.8 Å². The van der Waals surface area contributed by atoms with Crippen molar-refractivity contribution >= 4 is 21.9 Å².